The van der Waals surface area contributed by atoms with Gasteiger partial charge in [0.2, 0.25) is 0 Å². The molecule has 0 aliphatic heterocycles. The quantitative estimate of drug-likeness (QED) is 0.379. The SMILES string of the molecule is CCCCNC[PH](C)(NCCCC)C(N)CCC. The second kappa shape index (κ2) is 11.2. The van der Waals surface area contributed by atoms with Crippen LogP contribution in [0.4, 0.5) is 0 Å². The second-order valence-electron chi connectivity index (χ2n) is 5.62. The van der Waals surface area contributed by atoms with E-state index in [9.17, 15) is 0 Å². The first-order valence-corrected chi connectivity index (χ1v) is 10.6. The van der Waals surface area contributed by atoms with Gasteiger partial charge in [0.25, 0.3) is 0 Å². The molecular formula is C14H36N3P. The summed E-state index contributed by atoms with van der Waals surface area (Å²) in [6.07, 6.45) is 8.49. The summed E-state index contributed by atoms with van der Waals surface area (Å²) in [5, 5.41) is 7.42. The van der Waals surface area contributed by atoms with Gasteiger partial charge in [-0.15, -0.1) is 0 Å². The van der Waals surface area contributed by atoms with Crippen LogP contribution in [0, 0.1) is 0 Å². The summed E-state index contributed by atoms with van der Waals surface area (Å²) in [5.74, 6) is 0.369. The van der Waals surface area contributed by atoms with Gasteiger partial charge in [0.15, 0.2) is 0 Å². The molecule has 0 fully saturated rings. The van der Waals surface area contributed by atoms with E-state index < -0.39 is 7.41 Å². The third-order valence-corrected chi connectivity index (χ3v) is 7.64. The van der Waals surface area contributed by atoms with Gasteiger partial charge in [0.05, 0.1) is 0 Å². The Kier molecular flexibility index (Phi) is 11.4. The number of nitrogens with one attached hydrogen (secondary N) is 2. The minimum absolute atomic E-state index is 0.369. The molecule has 4 heteroatoms. The van der Waals surface area contributed by atoms with Crippen molar-refractivity contribution in [2.45, 2.75) is 65.1 Å². The summed E-state index contributed by atoms with van der Waals surface area (Å²) in [6.45, 7) is 11.4. The summed E-state index contributed by atoms with van der Waals surface area (Å²) in [6, 6.07) is 0. The van der Waals surface area contributed by atoms with Crippen LogP contribution in [-0.4, -0.2) is 31.8 Å². The first-order chi connectivity index (χ1) is 8.60. The average Bonchev–Trinajstić information content (AvgIpc) is 2.35. The molecule has 0 aliphatic carbocycles. The van der Waals surface area contributed by atoms with Crippen molar-refractivity contribution >= 4 is 7.41 Å². The summed E-state index contributed by atoms with van der Waals surface area (Å²) >= 11 is 0. The van der Waals surface area contributed by atoms with Crippen LogP contribution >= 0.6 is 7.41 Å². The van der Waals surface area contributed by atoms with Gasteiger partial charge in [0.1, 0.15) is 0 Å². The molecule has 1 atom stereocenters. The maximum atomic E-state index is 6.42. The molecule has 4 N–H and O–H groups in total. The Labute approximate surface area is 115 Å². The minimum atomic E-state index is -1.54. The summed E-state index contributed by atoms with van der Waals surface area (Å²) in [5.41, 5.74) is 6.42. The van der Waals surface area contributed by atoms with Crippen LogP contribution in [0.15, 0.2) is 0 Å². The van der Waals surface area contributed by atoms with Gasteiger partial charge >= 0.3 is 115 Å². The molecule has 0 saturated carbocycles. The van der Waals surface area contributed by atoms with Crippen LogP contribution in [0.25, 0.3) is 0 Å². The Morgan fingerprint density at radius 2 is 1.61 bits per heavy atom. The van der Waals surface area contributed by atoms with E-state index in [-0.39, 0.29) is 0 Å². The Balaban J connectivity index is 4.19. The van der Waals surface area contributed by atoms with E-state index in [2.05, 4.69) is 37.8 Å². The summed E-state index contributed by atoms with van der Waals surface area (Å²) in [7, 11) is -1.54. The van der Waals surface area contributed by atoms with Crippen molar-refractivity contribution in [2.75, 3.05) is 26.0 Å². The molecule has 0 saturated heterocycles. The van der Waals surface area contributed by atoms with Gasteiger partial charge in [-0.05, 0) is 0 Å². The van der Waals surface area contributed by atoms with Crippen molar-refractivity contribution < 1.29 is 0 Å². The van der Waals surface area contributed by atoms with Gasteiger partial charge in [-0.1, -0.05) is 0 Å². The zero-order chi connectivity index (χ0) is 13.9. The predicted molar refractivity (Wildman–Crippen MR) is 87.8 cm³/mol. The monoisotopic (exact) mass is 277 g/mol. The van der Waals surface area contributed by atoms with Crippen LogP contribution in [-0.2, 0) is 0 Å². The average molecular weight is 277 g/mol. The molecule has 0 aliphatic rings. The van der Waals surface area contributed by atoms with E-state index in [0.29, 0.717) is 5.78 Å². The van der Waals surface area contributed by atoms with Crippen LogP contribution in [0.2, 0.25) is 0 Å². The molecule has 0 spiro atoms. The Bertz CT molecular complexity index is 190. The molecule has 112 valence electrons. The van der Waals surface area contributed by atoms with E-state index in [4.69, 9.17) is 5.73 Å². The Hall–Kier alpha value is 0.310. The van der Waals surface area contributed by atoms with Gasteiger partial charge in [-0.2, -0.15) is 0 Å². The fourth-order valence-corrected chi connectivity index (χ4v) is 5.17. The maximum absolute atomic E-state index is 6.42. The number of rotatable bonds is 12. The molecule has 18 heavy (non-hydrogen) atoms. The van der Waals surface area contributed by atoms with Crippen molar-refractivity contribution in [3.8, 4) is 0 Å². The van der Waals surface area contributed by atoms with Crippen molar-refractivity contribution in [3.63, 3.8) is 0 Å². The van der Waals surface area contributed by atoms with Crippen molar-refractivity contribution in [3.05, 3.63) is 0 Å². The van der Waals surface area contributed by atoms with E-state index in [1.807, 2.05) is 0 Å². The molecule has 0 aromatic carbocycles. The first-order valence-electron chi connectivity index (χ1n) is 7.82. The summed E-state index contributed by atoms with van der Waals surface area (Å²) in [4.78, 5) is 0. The molecule has 0 aromatic heterocycles. The third kappa shape index (κ3) is 7.68. The molecular weight excluding hydrogens is 241 g/mol. The zero-order valence-corrected chi connectivity index (χ0v) is 14.0. The van der Waals surface area contributed by atoms with E-state index >= 15 is 0 Å². The van der Waals surface area contributed by atoms with E-state index in [1.165, 1.54) is 32.1 Å². The number of unbranched alkanes of at least 4 members (excludes halogenated alkanes) is 2. The number of hydrogen-bond donors (Lipinski definition) is 3. The fourth-order valence-electron chi connectivity index (χ4n) is 2.15. The van der Waals surface area contributed by atoms with E-state index in [0.717, 1.165) is 25.8 Å². The van der Waals surface area contributed by atoms with Gasteiger partial charge in [-0.3, -0.25) is 0 Å². The molecule has 0 rings (SSSR count). The molecule has 0 bridgehead atoms. The van der Waals surface area contributed by atoms with Crippen molar-refractivity contribution in [1.82, 2.24) is 10.4 Å². The van der Waals surface area contributed by atoms with E-state index in [1.54, 1.807) is 0 Å². The van der Waals surface area contributed by atoms with Crippen molar-refractivity contribution in [1.29, 1.82) is 0 Å². The van der Waals surface area contributed by atoms with Crippen LogP contribution in [0.1, 0.15) is 59.3 Å². The third-order valence-electron chi connectivity index (χ3n) is 3.68. The van der Waals surface area contributed by atoms with Crippen LogP contribution < -0.4 is 16.1 Å². The molecule has 0 amide bonds. The molecule has 0 heterocycles. The molecule has 0 aromatic rings. The first kappa shape index (κ1) is 18.3. The Morgan fingerprint density at radius 1 is 1.00 bits per heavy atom. The summed E-state index contributed by atoms with van der Waals surface area (Å²) < 4.78 is 0. The standard InChI is InChI=1S/C14H36N3P/c1-5-8-11-16-13-18(4,14(15)10-7-3)17-12-9-6-2/h14,16-18H,5-13,15H2,1-4H3. The van der Waals surface area contributed by atoms with Crippen LogP contribution in [0.5, 0.6) is 0 Å². The number of hydrogen-bond acceptors (Lipinski definition) is 3. The zero-order valence-electron chi connectivity index (χ0n) is 13.0. The Morgan fingerprint density at radius 3 is 2.17 bits per heavy atom. The molecule has 1 unspecified atom stereocenters. The molecule has 0 radical (unpaired) electrons. The fraction of sp³-hybridized carbons (Fsp3) is 1.00. The van der Waals surface area contributed by atoms with Gasteiger partial charge in [0, 0.05) is 0 Å². The van der Waals surface area contributed by atoms with Gasteiger partial charge in [-0.25, -0.2) is 0 Å². The van der Waals surface area contributed by atoms with Gasteiger partial charge < -0.3 is 0 Å². The number of nitrogens with two attached hydrogens (primary N) is 1. The second-order valence-corrected chi connectivity index (χ2v) is 9.91. The van der Waals surface area contributed by atoms with Crippen LogP contribution in [0.3, 0.4) is 0 Å². The van der Waals surface area contributed by atoms with Crippen molar-refractivity contribution in [2.24, 2.45) is 5.73 Å². The predicted octanol–water partition coefficient (Wildman–Crippen LogP) is 3.10. The topological polar surface area (TPSA) is 50.1 Å². The molecule has 3 nitrogen and oxygen atoms in total. The normalized spacial score (nSPS) is 14.7.